The molecule has 0 atom stereocenters. The quantitative estimate of drug-likeness (QED) is 0.913. The van der Waals surface area contributed by atoms with Crippen LogP contribution in [0, 0.1) is 0 Å². The number of nitrogens with one attached hydrogen (secondary N) is 1. The summed E-state index contributed by atoms with van der Waals surface area (Å²) < 4.78 is 2.57. The first-order valence-electron chi connectivity index (χ1n) is 4.56. The van der Waals surface area contributed by atoms with E-state index in [-0.39, 0.29) is 5.91 Å². The van der Waals surface area contributed by atoms with Gasteiger partial charge >= 0.3 is 0 Å². The molecule has 0 aliphatic carbocycles. The fourth-order valence-corrected chi connectivity index (χ4v) is 1.52. The van der Waals surface area contributed by atoms with Gasteiger partial charge in [0.1, 0.15) is 11.5 Å². The predicted octanol–water partition coefficient (Wildman–Crippen LogP) is 1.83. The third-order valence-corrected chi connectivity index (χ3v) is 2.39. The molecule has 2 aromatic heterocycles. The van der Waals surface area contributed by atoms with Crippen LogP contribution in [0.1, 0.15) is 10.5 Å². The molecule has 2 aromatic rings. The van der Waals surface area contributed by atoms with Gasteiger partial charge in [0.05, 0.1) is 6.33 Å². The minimum atomic E-state index is -0.272. The van der Waals surface area contributed by atoms with Gasteiger partial charge in [0.2, 0.25) is 0 Å². The highest BCUT2D eigenvalue weighted by atomic mass is 79.9. The van der Waals surface area contributed by atoms with Crippen molar-refractivity contribution in [3.63, 3.8) is 0 Å². The van der Waals surface area contributed by atoms with Crippen LogP contribution in [-0.2, 0) is 7.05 Å². The van der Waals surface area contributed by atoms with Gasteiger partial charge in [0.15, 0.2) is 0 Å². The molecule has 6 heteroatoms. The molecule has 0 aromatic carbocycles. The van der Waals surface area contributed by atoms with Gasteiger partial charge in [-0.3, -0.25) is 4.79 Å². The Labute approximate surface area is 101 Å². The maximum atomic E-state index is 11.7. The van der Waals surface area contributed by atoms with Crippen LogP contribution in [0.5, 0.6) is 0 Å². The zero-order chi connectivity index (χ0) is 11.5. The molecule has 0 aliphatic heterocycles. The van der Waals surface area contributed by atoms with E-state index in [4.69, 9.17) is 0 Å². The Morgan fingerprint density at radius 2 is 2.31 bits per heavy atom. The van der Waals surface area contributed by atoms with Gasteiger partial charge in [-0.05, 0) is 12.1 Å². The third-order valence-electron chi connectivity index (χ3n) is 1.90. The summed E-state index contributed by atoms with van der Waals surface area (Å²) >= 11 is 3.30. The predicted molar refractivity (Wildman–Crippen MR) is 63.1 cm³/mol. The van der Waals surface area contributed by atoms with E-state index in [1.54, 1.807) is 42.5 Å². The Bertz CT molecular complexity index is 523. The van der Waals surface area contributed by atoms with Gasteiger partial charge in [-0.1, -0.05) is 15.9 Å². The van der Waals surface area contributed by atoms with Crippen LogP contribution in [0.15, 0.2) is 35.3 Å². The Hall–Kier alpha value is -1.69. The van der Waals surface area contributed by atoms with Crippen LogP contribution in [0.3, 0.4) is 0 Å². The maximum absolute atomic E-state index is 11.7. The van der Waals surface area contributed by atoms with E-state index in [1.165, 1.54) is 0 Å². The van der Waals surface area contributed by atoms with Gasteiger partial charge in [-0.2, -0.15) is 0 Å². The number of imidazole rings is 1. The van der Waals surface area contributed by atoms with Crippen molar-refractivity contribution in [2.45, 2.75) is 0 Å². The van der Waals surface area contributed by atoms with Crippen LogP contribution in [0.4, 0.5) is 5.82 Å². The van der Waals surface area contributed by atoms with Gasteiger partial charge in [0.25, 0.3) is 5.91 Å². The van der Waals surface area contributed by atoms with E-state index in [1.807, 2.05) is 0 Å². The zero-order valence-corrected chi connectivity index (χ0v) is 10.1. The number of hydrogen-bond acceptors (Lipinski definition) is 3. The standard InChI is InChI=1S/C10H9BrN4O/c1-15-5-8(13-6-15)10(16)14-9-4-7(11)2-3-12-9/h2-6H,1H3,(H,12,14,16). The molecule has 0 aliphatic rings. The molecular weight excluding hydrogens is 272 g/mol. The lowest BCUT2D eigenvalue weighted by atomic mass is 10.4. The smallest absolute Gasteiger partial charge is 0.276 e. The number of aryl methyl sites for hydroxylation is 1. The summed E-state index contributed by atoms with van der Waals surface area (Å²) in [5.41, 5.74) is 0.365. The van der Waals surface area contributed by atoms with Gasteiger partial charge in [0, 0.05) is 23.9 Å². The van der Waals surface area contributed by atoms with E-state index < -0.39 is 0 Å². The first kappa shape index (κ1) is 10.8. The number of anilines is 1. The molecule has 0 fully saturated rings. The average molecular weight is 281 g/mol. The number of carbonyl (C=O) groups excluding carboxylic acids is 1. The van der Waals surface area contributed by atoms with Crippen molar-refractivity contribution < 1.29 is 4.79 Å². The fraction of sp³-hybridized carbons (Fsp3) is 0.100. The summed E-state index contributed by atoms with van der Waals surface area (Å²) in [6.07, 6.45) is 4.83. The molecule has 5 nitrogen and oxygen atoms in total. The lowest BCUT2D eigenvalue weighted by molar-refractivity contribution is 0.102. The number of aromatic nitrogens is 3. The summed E-state index contributed by atoms with van der Waals surface area (Å²) in [7, 11) is 1.81. The van der Waals surface area contributed by atoms with Crippen LogP contribution in [-0.4, -0.2) is 20.4 Å². The summed E-state index contributed by atoms with van der Waals surface area (Å²) in [6.45, 7) is 0. The largest absolute Gasteiger partial charge is 0.340 e. The lowest BCUT2D eigenvalue weighted by Gasteiger charge is -2.01. The summed E-state index contributed by atoms with van der Waals surface area (Å²) in [4.78, 5) is 19.7. The highest BCUT2D eigenvalue weighted by Gasteiger charge is 2.09. The molecule has 0 saturated heterocycles. The van der Waals surface area contributed by atoms with Crippen molar-refractivity contribution in [1.82, 2.24) is 14.5 Å². The maximum Gasteiger partial charge on any atom is 0.276 e. The number of amides is 1. The third kappa shape index (κ3) is 2.46. The van der Waals surface area contributed by atoms with E-state index in [2.05, 4.69) is 31.2 Å². The number of rotatable bonds is 2. The van der Waals surface area contributed by atoms with Crippen molar-refractivity contribution in [2.24, 2.45) is 7.05 Å². The number of pyridine rings is 1. The second-order valence-corrected chi connectivity index (χ2v) is 4.15. The monoisotopic (exact) mass is 280 g/mol. The fourth-order valence-electron chi connectivity index (χ4n) is 1.18. The molecule has 0 radical (unpaired) electrons. The van der Waals surface area contributed by atoms with E-state index >= 15 is 0 Å². The second-order valence-electron chi connectivity index (χ2n) is 3.24. The topological polar surface area (TPSA) is 59.8 Å². The van der Waals surface area contributed by atoms with Crippen molar-refractivity contribution in [3.8, 4) is 0 Å². The number of carbonyl (C=O) groups is 1. The second kappa shape index (κ2) is 4.44. The van der Waals surface area contributed by atoms with E-state index in [0.29, 0.717) is 11.5 Å². The molecule has 1 N–H and O–H groups in total. The highest BCUT2D eigenvalue weighted by molar-refractivity contribution is 9.10. The van der Waals surface area contributed by atoms with Crippen molar-refractivity contribution in [3.05, 3.63) is 41.0 Å². The Morgan fingerprint density at radius 1 is 1.50 bits per heavy atom. The van der Waals surface area contributed by atoms with Crippen molar-refractivity contribution in [1.29, 1.82) is 0 Å². The van der Waals surface area contributed by atoms with Crippen LogP contribution in [0.2, 0.25) is 0 Å². The van der Waals surface area contributed by atoms with E-state index in [9.17, 15) is 4.79 Å². The first-order chi connectivity index (χ1) is 7.65. The molecule has 2 heterocycles. The molecule has 0 bridgehead atoms. The van der Waals surface area contributed by atoms with Gasteiger partial charge in [-0.15, -0.1) is 0 Å². The lowest BCUT2D eigenvalue weighted by Crippen LogP contribution is -2.13. The molecule has 16 heavy (non-hydrogen) atoms. The van der Waals surface area contributed by atoms with Crippen molar-refractivity contribution in [2.75, 3.05) is 5.32 Å². The van der Waals surface area contributed by atoms with Gasteiger partial charge in [-0.25, -0.2) is 9.97 Å². The minimum Gasteiger partial charge on any atom is -0.340 e. The molecule has 1 amide bonds. The Balaban J connectivity index is 2.13. The van der Waals surface area contributed by atoms with Gasteiger partial charge < -0.3 is 9.88 Å². The highest BCUT2D eigenvalue weighted by Crippen LogP contribution is 2.13. The molecule has 0 unspecified atom stereocenters. The molecule has 0 saturated carbocycles. The summed E-state index contributed by atoms with van der Waals surface area (Å²) in [5.74, 6) is 0.219. The normalized spacial score (nSPS) is 10.1. The molecule has 82 valence electrons. The SMILES string of the molecule is Cn1cnc(C(=O)Nc2cc(Br)ccn2)c1. The number of halogens is 1. The number of hydrogen-bond donors (Lipinski definition) is 1. The van der Waals surface area contributed by atoms with Crippen LogP contribution in [0.25, 0.3) is 0 Å². The summed E-state index contributed by atoms with van der Waals surface area (Å²) in [6, 6.07) is 3.51. The average Bonchev–Trinajstić information content (AvgIpc) is 2.65. The van der Waals surface area contributed by atoms with E-state index in [0.717, 1.165) is 4.47 Å². The van der Waals surface area contributed by atoms with Crippen LogP contribution >= 0.6 is 15.9 Å². The number of nitrogens with zero attached hydrogens (tertiary/aromatic N) is 3. The van der Waals surface area contributed by atoms with Crippen molar-refractivity contribution >= 4 is 27.7 Å². The zero-order valence-electron chi connectivity index (χ0n) is 8.51. The summed E-state index contributed by atoms with van der Waals surface area (Å²) in [5, 5.41) is 2.66. The first-order valence-corrected chi connectivity index (χ1v) is 5.35. The van der Waals surface area contributed by atoms with Crippen LogP contribution < -0.4 is 5.32 Å². The molecular formula is C10H9BrN4O. The Kier molecular flexibility index (Phi) is 3.00. The Morgan fingerprint density at radius 3 is 2.94 bits per heavy atom. The molecule has 2 rings (SSSR count). The molecule has 0 spiro atoms. The minimum absolute atomic E-state index is 0.272.